The molecular weight excluding hydrogens is 246 g/mol. The molecule has 2 saturated heterocycles. The first-order chi connectivity index (χ1) is 8.99. The van der Waals surface area contributed by atoms with Crippen LogP contribution in [0.3, 0.4) is 0 Å². The second kappa shape index (κ2) is 5.98. The SMILES string of the molecule is CC1NCC(=O)N(CC2CN(C(C)C)CCO2)C1=O. The summed E-state index contributed by atoms with van der Waals surface area (Å²) in [6.45, 7) is 9.01. The molecule has 2 rings (SSSR count). The molecule has 6 heteroatoms. The molecule has 0 aliphatic carbocycles. The summed E-state index contributed by atoms with van der Waals surface area (Å²) >= 11 is 0. The van der Waals surface area contributed by atoms with E-state index >= 15 is 0 Å². The van der Waals surface area contributed by atoms with Gasteiger partial charge >= 0.3 is 0 Å². The van der Waals surface area contributed by atoms with Gasteiger partial charge in [0, 0.05) is 19.1 Å². The number of nitrogens with zero attached hydrogens (tertiary/aromatic N) is 2. The molecule has 6 nitrogen and oxygen atoms in total. The van der Waals surface area contributed by atoms with Crippen LogP contribution in [-0.2, 0) is 14.3 Å². The van der Waals surface area contributed by atoms with Gasteiger partial charge in [-0.1, -0.05) is 0 Å². The van der Waals surface area contributed by atoms with E-state index < -0.39 is 0 Å². The summed E-state index contributed by atoms with van der Waals surface area (Å²) < 4.78 is 5.68. The Balaban J connectivity index is 1.95. The van der Waals surface area contributed by atoms with Crippen molar-refractivity contribution in [2.24, 2.45) is 0 Å². The zero-order valence-corrected chi connectivity index (χ0v) is 11.9. The fraction of sp³-hybridized carbons (Fsp3) is 0.846. The van der Waals surface area contributed by atoms with Gasteiger partial charge in [-0.05, 0) is 20.8 Å². The predicted molar refractivity (Wildman–Crippen MR) is 70.6 cm³/mol. The van der Waals surface area contributed by atoms with Crippen molar-refractivity contribution in [2.75, 3.05) is 32.8 Å². The van der Waals surface area contributed by atoms with E-state index in [1.54, 1.807) is 6.92 Å². The number of carbonyl (C=O) groups excluding carboxylic acids is 2. The van der Waals surface area contributed by atoms with Crippen LogP contribution < -0.4 is 5.32 Å². The smallest absolute Gasteiger partial charge is 0.246 e. The maximum atomic E-state index is 12.0. The summed E-state index contributed by atoms with van der Waals surface area (Å²) in [5, 5.41) is 2.88. The van der Waals surface area contributed by atoms with Crippen molar-refractivity contribution in [3.05, 3.63) is 0 Å². The molecule has 0 spiro atoms. The summed E-state index contributed by atoms with van der Waals surface area (Å²) in [6, 6.07) is 0.169. The van der Waals surface area contributed by atoms with Crippen LogP contribution in [0.1, 0.15) is 20.8 Å². The highest BCUT2D eigenvalue weighted by Crippen LogP contribution is 2.12. The van der Waals surface area contributed by atoms with Gasteiger partial charge in [0.1, 0.15) is 0 Å². The number of carbonyl (C=O) groups is 2. The van der Waals surface area contributed by atoms with E-state index in [9.17, 15) is 9.59 Å². The van der Waals surface area contributed by atoms with E-state index in [1.165, 1.54) is 4.90 Å². The molecular formula is C13H23N3O3. The minimum atomic E-state index is -0.289. The van der Waals surface area contributed by atoms with Gasteiger partial charge in [-0.15, -0.1) is 0 Å². The van der Waals surface area contributed by atoms with Crippen molar-refractivity contribution in [3.8, 4) is 0 Å². The zero-order chi connectivity index (χ0) is 14.0. The van der Waals surface area contributed by atoms with Gasteiger partial charge in [0.05, 0.1) is 31.8 Å². The molecule has 108 valence electrons. The van der Waals surface area contributed by atoms with Crippen molar-refractivity contribution in [1.29, 1.82) is 0 Å². The maximum absolute atomic E-state index is 12.0. The van der Waals surface area contributed by atoms with Crippen LogP contribution >= 0.6 is 0 Å². The number of morpholine rings is 1. The zero-order valence-electron chi connectivity index (χ0n) is 11.9. The van der Waals surface area contributed by atoms with E-state index in [1.807, 2.05) is 0 Å². The second-order valence-corrected chi connectivity index (χ2v) is 5.53. The summed E-state index contributed by atoms with van der Waals surface area (Å²) in [4.78, 5) is 27.5. The third-order valence-corrected chi connectivity index (χ3v) is 3.78. The maximum Gasteiger partial charge on any atom is 0.246 e. The van der Waals surface area contributed by atoms with Crippen molar-refractivity contribution >= 4 is 11.8 Å². The fourth-order valence-electron chi connectivity index (χ4n) is 2.50. The molecule has 19 heavy (non-hydrogen) atoms. The molecule has 0 aromatic rings. The molecule has 0 bridgehead atoms. The second-order valence-electron chi connectivity index (χ2n) is 5.53. The first-order valence-corrected chi connectivity index (χ1v) is 6.92. The lowest BCUT2D eigenvalue weighted by Gasteiger charge is -2.38. The Labute approximate surface area is 114 Å². The molecule has 0 aromatic carbocycles. The Morgan fingerprint density at radius 2 is 2.16 bits per heavy atom. The highest BCUT2D eigenvalue weighted by atomic mass is 16.5. The molecule has 2 aliphatic rings. The van der Waals surface area contributed by atoms with E-state index in [4.69, 9.17) is 4.74 Å². The highest BCUT2D eigenvalue weighted by Gasteiger charge is 2.34. The van der Waals surface area contributed by atoms with Crippen LogP contribution in [0.25, 0.3) is 0 Å². The van der Waals surface area contributed by atoms with Crippen molar-refractivity contribution < 1.29 is 14.3 Å². The molecule has 1 N–H and O–H groups in total. The van der Waals surface area contributed by atoms with Crippen LogP contribution in [0.4, 0.5) is 0 Å². The number of ether oxygens (including phenoxy) is 1. The summed E-state index contributed by atoms with van der Waals surface area (Å²) in [5.41, 5.74) is 0. The third-order valence-electron chi connectivity index (χ3n) is 3.78. The van der Waals surface area contributed by atoms with Crippen LogP contribution in [0.2, 0.25) is 0 Å². The van der Waals surface area contributed by atoms with Crippen LogP contribution in [-0.4, -0.2) is 72.6 Å². The number of rotatable bonds is 3. The number of imide groups is 1. The normalized spacial score (nSPS) is 30.2. The van der Waals surface area contributed by atoms with Crippen LogP contribution in [0, 0.1) is 0 Å². The van der Waals surface area contributed by atoms with Gasteiger partial charge in [-0.25, -0.2) is 0 Å². The largest absolute Gasteiger partial charge is 0.374 e. The Hall–Kier alpha value is -0.980. The average Bonchev–Trinajstić information content (AvgIpc) is 2.39. The molecule has 2 unspecified atom stereocenters. The standard InChI is InChI=1S/C13H23N3O3/c1-9(2)15-4-5-19-11(7-15)8-16-12(17)6-14-10(3)13(16)18/h9-11,14H,4-8H2,1-3H3. The number of hydrogen-bond acceptors (Lipinski definition) is 5. The first-order valence-electron chi connectivity index (χ1n) is 6.92. The molecule has 2 atom stereocenters. The molecule has 2 heterocycles. The lowest BCUT2D eigenvalue weighted by molar-refractivity contribution is -0.152. The Morgan fingerprint density at radius 1 is 1.42 bits per heavy atom. The minimum Gasteiger partial charge on any atom is -0.374 e. The van der Waals surface area contributed by atoms with E-state index in [2.05, 4.69) is 24.1 Å². The molecule has 2 fully saturated rings. The summed E-state index contributed by atoms with van der Waals surface area (Å²) in [5.74, 6) is -0.310. The molecule has 0 radical (unpaired) electrons. The van der Waals surface area contributed by atoms with Gasteiger partial charge in [0.25, 0.3) is 0 Å². The van der Waals surface area contributed by atoms with Gasteiger partial charge in [0.15, 0.2) is 0 Å². The number of hydrogen-bond donors (Lipinski definition) is 1. The topological polar surface area (TPSA) is 61.9 Å². The van der Waals surface area contributed by atoms with Crippen LogP contribution in [0.5, 0.6) is 0 Å². The average molecular weight is 269 g/mol. The predicted octanol–water partition coefficient (Wildman–Crippen LogP) is -0.557. The van der Waals surface area contributed by atoms with Gasteiger partial charge in [0.2, 0.25) is 11.8 Å². The van der Waals surface area contributed by atoms with E-state index in [0.717, 1.165) is 13.1 Å². The van der Waals surface area contributed by atoms with Gasteiger partial charge in [-0.3, -0.25) is 24.7 Å². The number of piperazine rings is 1. The van der Waals surface area contributed by atoms with Crippen LogP contribution in [0.15, 0.2) is 0 Å². The lowest BCUT2D eigenvalue weighted by Crippen LogP contribution is -2.60. The summed E-state index contributed by atoms with van der Waals surface area (Å²) in [6.07, 6.45) is -0.0747. The molecule has 0 saturated carbocycles. The quantitative estimate of drug-likeness (QED) is 0.696. The number of nitrogens with one attached hydrogen (secondary N) is 1. The minimum absolute atomic E-state index is 0.0747. The Morgan fingerprint density at radius 3 is 2.84 bits per heavy atom. The molecule has 2 amide bonds. The lowest BCUT2D eigenvalue weighted by atomic mass is 10.1. The van der Waals surface area contributed by atoms with E-state index in [0.29, 0.717) is 19.2 Å². The van der Waals surface area contributed by atoms with Crippen molar-refractivity contribution in [3.63, 3.8) is 0 Å². The Bertz CT molecular complexity index is 359. The highest BCUT2D eigenvalue weighted by molar-refractivity contribution is 6.01. The molecule has 2 aliphatic heterocycles. The van der Waals surface area contributed by atoms with Gasteiger partial charge in [-0.2, -0.15) is 0 Å². The number of amides is 2. The first kappa shape index (κ1) is 14.4. The summed E-state index contributed by atoms with van der Waals surface area (Å²) in [7, 11) is 0. The fourth-order valence-corrected chi connectivity index (χ4v) is 2.50. The van der Waals surface area contributed by atoms with E-state index in [-0.39, 0.29) is 30.5 Å². The van der Waals surface area contributed by atoms with Crippen molar-refractivity contribution in [2.45, 2.75) is 39.0 Å². The van der Waals surface area contributed by atoms with Gasteiger partial charge < -0.3 is 4.74 Å². The third kappa shape index (κ3) is 3.32. The van der Waals surface area contributed by atoms with Crippen molar-refractivity contribution in [1.82, 2.24) is 15.1 Å². The monoisotopic (exact) mass is 269 g/mol. The molecule has 0 aromatic heterocycles. The Kier molecular flexibility index (Phi) is 4.54.